The Kier molecular flexibility index (Phi) is 3.59. The molecule has 1 aromatic heterocycles. The van der Waals surface area contributed by atoms with Crippen LogP contribution in [0.1, 0.15) is 39.5 Å². The van der Waals surface area contributed by atoms with Crippen molar-refractivity contribution in [1.82, 2.24) is 0 Å². The molecular weight excluding hydrogens is 152 g/mol. The highest BCUT2D eigenvalue weighted by atomic mass is 32.1. The second kappa shape index (κ2) is 5.36. The zero-order valence-corrected chi connectivity index (χ0v) is 7.91. The summed E-state index contributed by atoms with van der Waals surface area (Å²) in [5, 5.41) is 2.77. The molecule has 0 aliphatic carbocycles. The van der Waals surface area contributed by atoms with Crippen molar-refractivity contribution in [2.24, 2.45) is 0 Å². The summed E-state index contributed by atoms with van der Waals surface area (Å²) in [6.07, 6.45) is 6.28. The molecule has 0 N–H and O–H groups in total. The summed E-state index contributed by atoms with van der Waals surface area (Å²) < 4.78 is 7.55. The molecule has 0 aromatic carbocycles. The van der Waals surface area contributed by atoms with Gasteiger partial charge in [-0.15, -0.1) is 0 Å². The van der Waals surface area contributed by atoms with Crippen molar-refractivity contribution in [1.29, 1.82) is 0 Å². The van der Waals surface area contributed by atoms with E-state index in [4.69, 9.17) is 1.37 Å². The summed E-state index contributed by atoms with van der Waals surface area (Å²) in [6.45, 7) is 2.22. The van der Waals surface area contributed by atoms with Gasteiger partial charge in [0.1, 0.15) is 0 Å². The van der Waals surface area contributed by atoms with Crippen molar-refractivity contribution in [3.05, 3.63) is 22.4 Å². The lowest BCUT2D eigenvalue weighted by Gasteiger charge is -1.96. The molecule has 0 amide bonds. The van der Waals surface area contributed by atoms with Gasteiger partial charge >= 0.3 is 0 Å². The zero-order chi connectivity index (χ0) is 8.81. The molecule has 0 atom stereocenters. The molecule has 0 spiro atoms. The van der Waals surface area contributed by atoms with Crippen LogP contribution in [-0.4, -0.2) is 0 Å². The molecule has 62 valence electrons. The summed E-state index contributed by atoms with van der Waals surface area (Å²) in [4.78, 5) is 0. The Morgan fingerprint density at radius 3 is 3.00 bits per heavy atom. The average molecular weight is 169 g/mol. The maximum absolute atomic E-state index is 7.55. The van der Waals surface area contributed by atoms with E-state index < -0.39 is 0 Å². The standard InChI is InChI=1S/C10H16S/c1-2-3-4-5-6-10-7-8-11-9-10/h7-9H,2-6H2,1H3/i9D. The molecule has 0 aliphatic rings. The molecule has 0 unspecified atom stereocenters. The minimum atomic E-state index is 0.756. The van der Waals surface area contributed by atoms with Crippen LogP contribution in [-0.2, 0) is 6.42 Å². The molecule has 0 saturated carbocycles. The summed E-state index contributed by atoms with van der Waals surface area (Å²) in [7, 11) is 0. The first-order valence-electron chi connectivity index (χ1n) is 4.87. The molecule has 11 heavy (non-hydrogen) atoms. The van der Waals surface area contributed by atoms with Crippen LogP contribution in [0.3, 0.4) is 0 Å². The van der Waals surface area contributed by atoms with Gasteiger partial charge in [0.25, 0.3) is 0 Å². The molecule has 0 fully saturated rings. The fraction of sp³-hybridized carbons (Fsp3) is 0.600. The second-order valence-electron chi connectivity index (χ2n) is 2.86. The molecule has 0 aliphatic heterocycles. The molecule has 0 radical (unpaired) electrons. The molecule has 1 heterocycles. The van der Waals surface area contributed by atoms with Gasteiger partial charge in [0.2, 0.25) is 0 Å². The van der Waals surface area contributed by atoms with Crippen LogP contribution >= 0.6 is 11.3 Å². The quantitative estimate of drug-likeness (QED) is 0.587. The summed E-state index contributed by atoms with van der Waals surface area (Å²) in [5.41, 5.74) is 1.23. The lowest BCUT2D eigenvalue weighted by molar-refractivity contribution is 0.667. The number of thiophene rings is 1. The fourth-order valence-electron chi connectivity index (χ4n) is 1.14. The molecular formula is C10H16S. The van der Waals surface area contributed by atoms with E-state index in [1.807, 2.05) is 5.38 Å². The maximum atomic E-state index is 7.55. The third-order valence-corrected chi connectivity index (χ3v) is 2.48. The van der Waals surface area contributed by atoms with E-state index in [0.29, 0.717) is 0 Å². The highest BCUT2D eigenvalue weighted by Crippen LogP contribution is 2.10. The van der Waals surface area contributed by atoms with Crippen molar-refractivity contribution in [2.45, 2.75) is 39.0 Å². The van der Waals surface area contributed by atoms with Crippen LogP contribution in [0.15, 0.2) is 16.8 Å². The predicted octanol–water partition coefficient (Wildman–Crippen LogP) is 3.87. The van der Waals surface area contributed by atoms with Gasteiger partial charge in [-0.1, -0.05) is 26.2 Å². The van der Waals surface area contributed by atoms with E-state index in [0.717, 1.165) is 11.8 Å². The average Bonchev–Trinajstić information content (AvgIpc) is 2.46. The minimum Gasteiger partial charge on any atom is -0.152 e. The highest BCUT2D eigenvalue weighted by Gasteiger charge is 1.91. The SMILES string of the molecule is [2H]c1sccc1CCCCCC. The molecule has 0 saturated heterocycles. The molecule has 1 heteroatoms. The lowest BCUT2D eigenvalue weighted by atomic mass is 10.1. The van der Waals surface area contributed by atoms with Crippen molar-refractivity contribution >= 4 is 11.3 Å². The molecule has 0 bridgehead atoms. The Morgan fingerprint density at radius 2 is 2.36 bits per heavy atom. The lowest BCUT2D eigenvalue weighted by Crippen LogP contribution is -1.81. The number of aryl methyl sites for hydroxylation is 1. The zero-order valence-electron chi connectivity index (χ0n) is 8.10. The van der Waals surface area contributed by atoms with Gasteiger partial charge in [0.05, 0.1) is 1.37 Å². The first kappa shape index (κ1) is 7.35. The van der Waals surface area contributed by atoms with Crippen LogP contribution in [0.5, 0.6) is 0 Å². The number of hydrogen-bond acceptors (Lipinski definition) is 1. The summed E-state index contributed by atoms with van der Waals surface area (Å²) >= 11 is 1.53. The van der Waals surface area contributed by atoms with Crippen LogP contribution in [0.25, 0.3) is 0 Å². The monoisotopic (exact) mass is 169 g/mol. The van der Waals surface area contributed by atoms with Crippen molar-refractivity contribution in [3.63, 3.8) is 0 Å². The third kappa shape index (κ3) is 3.57. The van der Waals surface area contributed by atoms with E-state index >= 15 is 0 Å². The Labute approximate surface area is 74.7 Å². The van der Waals surface area contributed by atoms with Crippen LogP contribution in [0.4, 0.5) is 0 Å². The number of rotatable bonds is 5. The molecule has 1 rings (SSSR count). The second-order valence-corrected chi connectivity index (χ2v) is 3.57. The van der Waals surface area contributed by atoms with Crippen molar-refractivity contribution in [3.8, 4) is 0 Å². The van der Waals surface area contributed by atoms with E-state index in [2.05, 4.69) is 13.0 Å². The van der Waals surface area contributed by atoms with Crippen molar-refractivity contribution in [2.75, 3.05) is 0 Å². The van der Waals surface area contributed by atoms with Gasteiger partial charge in [-0.3, -0.25) is 0 Å². The maximum Gasteiger partial charge on any atom is 0.0742 e. The van der Waals surface area contributed by atoms with Crippen molar-refractivity contribution < 1.29 is 1.37 Å². The Morgan fingerprint density at radius 1 is 1.45 bits per heavy atom. The van der Waals surface area contributed by atoms with E-state index in [-0.39, 0.29) is 0 Å². The smallest absolute Gasteiger partial charge is 0.0742 e. The Bertz CT molecular complexity index is 217. The summed E-state index contributed by atoms with van der Waals surface area (Å²) in [5.74, 6) is 0. The first-order chi connectivity index (χ1) is 5.84. The van der Waals surface area contributed by atoms with Crippen LogP contribution in [0, 0.1) is 0 Å². The summed E-state index contributed by atoms with van der Waals surface area (Å²) in [6, 6.07) is 2.08. The minimum absolute atomic E-state index is 0.756. The van der Waals surface area contributed by atoms with E-state index in [1.165, 1.54) is 42.6 Å². The topological polar surface area (TPSA) is 0 Å². The Hall–Kier alpha value is -0.300. The highest BCUT2D eigenvalue weighted by molar-refractivity contribution is 7.07. The van der Waals surface area contributed by atoms with Gasteiger partial charge < -0.3 is 0 Å². The third-order valence-electron chi connectivity index (χ3n) is 1.83. The largest absolute Gasteiger partial charge is 0.152 e. The first-order valence-corrected chi connectivity index (χ1v) is 5.25. The van der Waals surface area contributed by atoms with Crippen LogP contribution < -0.4 is 0 Å². The normalized spacial score (nSPS) is 11.5. The van der Waals surface area contributed by atoms with Gasteiger partial charge in [0, 0.05) is 0 Å². The van der Waals surface area contributed by atoms with Gasteiger partial charge in [-0.25, -0.2) is 0 Å². The van der Waals surface area contributed by atoms with Crippen LogP contribution in [0.2, 0.25) is 0 Å². The molecule has 1 aromatic rings. The Balaban J connectivity index is 2.20. The van der Waals surface area contributed by atoms with Gasteiger partial charge in [-0.2, -0.15) is 11.3 Å². The predicted molar refractivity (Wildman–Crippen MR) is 52.2 cm³/mol. The molecule has 0 nitrogen and oxygen atoms in total. The van der Waals surface area contributed by atoms with E-state index in [1.54, 1.807) is 0 Å². The number of unbranched alkanes of at least 4 members (excludes halogenated alkanes) is 3. The fourth-order valence-corrected chi connectivity index (χ4v) is 1.76. The van der Waals surface area contributed by atoms with Gasteiger partial charge in [-0.05, 0) is 35.2 Å². The van der Waals surface area contributed by atoms with Gasteiger partial charge in [0.15, 0.2) is 0 Å². The van der Waals surface area contributed by atoms with E-state index in [9.17, 15) is 0 Å². The number of hydrogen-bond donors (Lipinski definition) is 0.